The summed E-state index contributed by atoms with van der Waals surface area (Å²) >= 11 is 0. The van der Waals surface area contributed by atoms with Gasteiger partial charge in [-0.1, -0.05) is 12.8 Å². The molecule has 2 aromatic rings. The molecular weight excluding hydrogens is 452 g/mol. The monoisotopic (exact) mass is 484 g/mol. The van der Waals surface area contributed by atoms with Crippen molar-refractivity contribution in [2.24, 2.45) is 0 Å². The number of carbonyl (C=O) groups is 2. The Labute approximate surface area is 201 Å². The van der Waals surface area contributed by atoms with Crippen LogP contribution in [0, 0.1) is 0 Å². The summed E-state index contributed by atoms with van der Waals surface area (Å²) in [4.78, 5) is 27.9. The minimum absolute atomic E-state index is 0.0736. The van der Waals surface area contributed by atoms with Gasteiger partial charge in [0.05, 0.1) is 10.5 Å². The van der Waals surface area contributed by atoms with Gasteiger partial charge >= 0.3 is 0 Å². The van der Waals surface area contributed by atoms with Crippen LogP contribution in [0.5, 0.6) is 0 Å². The van der Waals surface area contributed by atoms with Crippen LogP contribution >= 0.6 is 0 Å². The molecule has 2 aliphatic rings. The molecule has 34 heavy (non-hydrogen) atoms. The average Bonchev–Trinajstić information content (AvgIpc) is 3.53. The van der Waals surface area contributed by atoms with E-state index in [1.807, 2.05) is 0 Å². The first-order chi connectivity index (χ1) is 16.3. The van der Waals surface area contributed by atoms with Crippen molar-refractivity contribution in [3.8, 4) is 0 Å². The molecule has 4 rings (SSSR count). The summed E-state index contributed by atoms with van der Waals surface area (Å²) in [6, 6.07) is 11.7. The maximum atomic E-state index is 13.3. The molecule has 0 unspecified atom stereocenters. The number of hydrogen-bond acceptors (Lipinski definition) is 5. The molecule has 8 nitrogen and oxygen atoms in total. The summed E-state index contributed by atoms with van der Waals surface area (Å²) in [6.07, 6.45) is 6.38. The van der Waals surface area contributed by atoms with Crippen LogP contribution in [0.1, 0.15) is 59.2 Å². The Morgan fingerprint density at radius 1 is 0.912 bits per heavy atom. The Kier molecular flexibility index (Phi) is 7.23. The fraction of sp³-hybridized carbons (Fsp3) is 0.440. The van der Waals surface area contributed by atoms with E-state index in [1.165, 1.54) is 20.2 Å². The maximum absolute atomic E-state index is 13.3. The molecular formula is C25H32N4O4S. The van der Waals surface area contributed by atoms with Crippen LogP contribution < -0.4 is 15.5 Å². The highest BCUT2D eigenvalue weighted by atomic mass is 32.2. The van der Waals surface area contributed by atoms with Crippen LogP contribution in [0.3, 0.4) is 0 Å². The lowest BCUT2D eigenvalue weighted by atomic mass is 10.1. The lowest BCUT2D eigenvalue weighted by Gasteiger charge is -2.22. The molecule has 1 aliphatic heterocycles. The van der Waals surface area contributed by atoms with Gasteiger partial charge in [-0.05, 0) is 68.1 Å². The highest BCUT2D eigenvalue weighted by Gasteiger charge is 2.25. The van der Waals surface area contributed by atoms with Crippen LogP contribution in [0.25, 0.3) is 0 Å². The predicted molar refractivity (Wildman–Crippen MR) is 133 cm³/mol. The van der Waals surface area contributed by atoms with Gasteiger partial charge in [-0.3, -0.25) is 9.59 Å². The maximum Gasteiger partial charge on any atom is 0.257 e. The van der Waals surface area contributed by atoms with Crippen molar-refractivity contribution in [1.29, 1.82) is 0 Å². The zero-order valence-corrected chi connectivity index (χ0v) is 20.5. The third-order valence-electron chi connectivity index (χ3n) is 6.53. The molecule has 1 saturated carbocycles. The van der Waals surface area contributed by atoms with E-state index >= 15 is 0 Å². The molecule has 0 bridgehead atoms. The quantitative estimate of drug-likeness (QED) is 0.627. The van der Waals surface area contributed by atoms with Gasteiger partial charge in [0.25, 0.3) is 11.8 Å². The molecule has 0 aromatic heterocycles. The van der Waals surface area contributed by atoms with Gasteiger partial charge in [0.2, 0.25) is 10.0 Å². The zero-order valence-electron chi connectivity index (χ0n) is 19.7. The van der Waals surface area contributed by atoms with E-state index in [0.29, 0.717) is 16.8 Å². The number of sulfonamides is 1. The van der Waals surface area contributed by atoms with Crippen LogP contribution in [0.4, 0.5) is 11.4 Å². The van der Waals surface area contributed by atoms with Crippen molar-refractivity contribution in [2.75, 3.05) is 37.4 Å². The molecule has 0 spiro atoms. The van der Waals surface area contributed by atoms with Gasteiger partial charge < -0.3 is 15.5 Å². The van der Waals surface area contributed by atoms with Crippen molar-refractivity contribution < 1.29 is 18.0 Å². The van der Waals surface area contributed by atoms with Crippen LogP contribution in [-0.4, -0.2) is 57.8 Å². The fourth-order valence-electron chi connectivity index (χ4n) is 4.54. The lowest BCUT2D eigenvalue weighted by Crippen LogP contribution is -2.32. The molecule has 2 N–H and O–H groups in total. The molecule has 0 atom stereocenters. The number of nitrogens with one attached hydrogen (secondary N) is 2. The Balaban J connectivity index is 1.54. The van der Waals surface area contributed by atoms with Crippen LogP contribution in [-0.2, 0) is 10.0 Å². The van der Waals surface area contributed by atoms with Crippen LogP contribution in [0.2, 0.25) is 0 Å². The summed E-state index contributed by atoms with van der Waals surface area (Å²) in [6.45, 7) is 1.65. The molecule has 0 radical (unpaired) electrons. The summed E-state index contributed by atoms with van der Waals surface area (Å²) < 4.78 is 26.5. The first-order valence-electron chi connectivity index (χ1n) is 11.8. The number of anilines is 2. The van der Waals surface area contributed by atoms with Crippen molar-refractivity contribution in [2.45, 2.75) is 49.5 Å². The van der Waals surface area contributed by atoms with E-state index in [1.54, 1.807) is 36.4 Å². The van der Waals surface area contributed by atoms with E-state index in [-0.39, 0.29) is 22.8 Å². The van der Waals surface area contributed by atoms with Gasteiger partial charge in [0.1, 0.15) is 0 Å². The molecule has 9 heteroatoms. The summed E-state index contributed by atoms with van der Waals surface area (Å²) in [7, 11) is -0.749. The SMILES string of the molecule is CN(C)S(=O)(=O)c1ccc(N2CCCC2)c(C(=O)Nc2ccc(C(=O)NC3CCCC3)cc2)c1. The first kappa shape index (κ1) is 24.2. The Morgan fingerprint density at radius 3 is 2.18 bits per heavy atom. The van der Waals surface area contributed by atoms with E-state index < -0.39 is 10.0 Å². The number of rotatable bonds is 7. The second-order valence-corrected chi connectivity index (χ2v) is 11.3. The van der Waals surface area contributed by atoms with Gasteiger partial charge in [0, 0.05) is 50.2 Å². The normalized spacial score (nSPS) is 16.7. The highest BCUT2D eigenvalue weighted by molar-refractivity contribution is 7.89. The van der Waals surface area contributed by atoms with Gasteiger partial charge in [-0.15, -0.1) is 0 Å². The van der Waals surface area contributed by atoms with Gasteiger partial charge in [0.15, 0.2) is 0 Å². The topological polar surface area (TPSA) is 98.8 Å². The number of benzene rings is 2. The standard InChI is InChI=1S/C25H32N4O4S/c1-28(2)34(32,33)21-13-14-23(29-15-5-6-16-29)22(17-21)25(31)27-20-11-9-18(10-12-20)24(30)26-19-7-3-4-8-19/h9-14,17,19H,3-8,15-16H2,1-2H3,(H,26,30)(H,27,31). The van der Waals surface area contributed by atoms with Gasteiger partial charge in [-0.25, -0.2) is 12.7 Å². The third kappa shape index (κ3) is 5.26. The fourth-order valence-corrected chi connectivity index (χ4v) is 5.47. The van der Waals surface area contributed by atoms with Crippen LogP contribution in [0.15, 0.2) is 47.4 Å². The average molecular weight is 485 g/mol. The molecule has 2 aromatic carbocycles. The minimum Gasteiger partial charge on any atom is -0.371 e. The van der Waals surface area contributed by atoms with Crippen molar-refractivity contribution in [3.63, 3.8) is 0 Å². The van der Waals surface area contributed by atoms with Crippen molar-refractivity contribution in [1.82, 2.24) is 9.62 Å². The summed E-state index contributed by atoms with van der Waals surface area (Å²) in [5, 5.41) is 5.92. The Bertz CT molecular complexity index is 1150. The molecule has 1 heterocycles. The smallest absolute Gasteiger partial charge is 0.257 e. The van der Waals surface area contributed by atoms with E-state index in [0.717, 1.165) is 61.6 Å². The number of hydrogen-bond donors (Lipinski definition) is 2. The molecule has 1 aliphatic carbocycles. The zero-order chi connectivity index (χ0) is 24.3. The minimum atomic E-state index is -3.68. The third-order valence-corrected chi connectivity index (χ3v) is 8.34. The molecule has 1 saturated heterocycles. The van der Waals surface area contributed by atoms with Crippen molar-refractivity contribution >= 4 is 33.2 Å². The first-order valence-corrected chi connectivity index (χ1v) is 13.2. The second-order valence-electron chi connectivity index (χ2n) is 9.15. The highest BCUT2D eigenvalue weighted by Crippen LogP contribution is 2.29. The number of carbonyl (C=O) groups excluding carboxylic acids is 2. The summed E-state index contributed by atoms with van der Waals surface area (Å²) in [5.74, 6) is -0.497. The van der Waals surface area contributed by atoms with E-state index in [4.69, 9.17) is 0 Å². The Morgan fingerprint density at radius 2 is 1.56 bits per heavy atom. The predicted octanol–water partition coefficient (Wildman–Crippen LogP) is 3.46. The van der Waals surface area contributed by atoms with E-state index in [2.05, 4.69) is 15.5 Å². The summed E-state index contributed by atoms with van der Waals surface area (Å²) in [5.41, 5.74) is 2.12. The molecule has 2 amide bonds. The Hall–Kier alpha value is -2.91. The largest absolute Gasteiger partial charge is 0.371 e. The number of nitrogens with zero attached hydrogens (tertiary/aromatic N) is 2. The number of amides is 2. The van der Waals surface area contributed by atoms with E-state index in [9.17, 15) is 18.0 Å². The second kappa shape index (κ2) is 10.1. The van der Waals surface area contributed by atoms with Gasteiger partial charge in [-0.2, -0.15) is 0 Å². The molecule has 2 fully saturated rings. The molecule has 182 valence electrons. The van der Waals surface area contributed by atoms with Crippen molar-refractivity contribution in [3.05, 3.63) is 53.6 Å². The lowest BCUT2D eigenvalue weighted by molar-refractivity contribution is 0.0937.